The quantitative estimate of drug-likeness (QED) is 0.808. The number of aliphatic hydroxyl groups excluding tert-OH is 1. The van der Waals surface area contributed by atoms with Gasteiger partial charge in [0.2, 0.25) is 0 Å². The zero-order valence-electron chi connectivity index (χ0n) is 13.6. The molecule has 3 rings (SSSR count). The van der Waals surface area contributed by atoms with Gasteiger partial charge in [0.15, 0.2) is 11.5 Å². The molecular weight excluding hydrogens is 314 g/mol. The molecule has 2 saturated heterocycles. The third-order valence-electron chi connectivity index (χ3n) is 4.62. The van der Waals surface area contributed by atoms with Gasteiger partial charge in [-0.2, -0.15) is 0 Å². The average Bonchev–Trinajstić information content (AvgIpc) is 3.19. The number of rotatable bonds is 5. The zero-order valence-corrected chi connectivity index (χ0v) is 13.6. The third kappa shape index (κ3) is 2.69. The van der Waals surface area contributed by atoms with Crippen molar-refractivity contribution in [2.75, 3.05) is 33.5 Å². The Morgan fingerprint density at radius 2 is 2.21 bits per heavy atom. The lowest BCUT2D eigenvalue weighted by atomic mass is 9.94. The molecular formula is C17H21NO6. The fourth-order valence-corrected chi connectivity index (χ4v) is 3.43. The highest BCUT2D eigenvalue weighted by molar-refractivity contribution is 5.99. The number of carbonyl (C=O) groups excluding carboxylic acids is 2. The van der Waals surface area contributed by atoms with E-state index in [-0.39, 0.29) is 25.1 Å². The van der Waals surface area contributed by atoms with Gasteiger partial charge in [-0.15, -0.1) is 0 Å². The first-order valence-electron chi connectivity index (χ1n) is 8.03. The third-order valence-corrected chi connectivity index (χ3v) is 4.62. The molecule has 0 saturated carbocycles. The number of cyclic esters (lactones) is 1. The molecule has 0 radical (unpaired) electrons. The summed E-state index contributed by atoms with van der Waals surface area (Å²) in [6, 6.07) is 4.89. The summed E-state index contributed by atoms with van der Waals surface area (Å²) in [7, 11) is 1.51. The molecule has 2 heterocycles. The molecule has 130 valence electrons. The Hall–Kier alpha value is -2.28. The van der Waals surface area contributed by atoms with Crippen molar-refractivity contribution in [2.24, 2.45) is 0 Å². The van der Waals surface area contributed by atoms with Crippen molar-refractivity contribution in [3.05, 3.63) is 23.8 Å². The van der Waals surface area contributed by atoms with Gasteiger partial charge in [0.1, 0.15) is 12.1 Å². The van der Waals surface area contributed by atoms with Crippen LogP contribution in [0.4, 0.5) is 0 Å². The van der Waals surface area contributed by atoms with Gasteiger partial charge in [-0.3, -0.25) is 4.79 Å². The van der Waals surface area contributed by atoms with E-state index in [4.69, 9.17) is 19.3 Å². The molecule has 2 aliphatic heterocycles. The van der Waals surface area contributed by atoms with Crippen LogP contribution in [0.1, 0.15) is 29.6 Å². The van der Waals surface area contributed by atoms with Crippen molar-refractivity contribution in [3.8, 4) is 11.5 Å². The summed E-state index contributed by atoms with van der Waals surface area (Å²) < 4.78 is 15.8. The van der Waals surface area contributed by atoms with Crippen molar-refractivity contribution in [3.63, 3.8) is 0 Å². The first-order valence-corrected chi connectivity index (χ1v) is 8.03. The van der Waals surface area contributed by atoms with Crippen LogP contribution in [-0.2, 0) is 9.53 Å². The Bertz CT molecular complexity index is 642. The maximum atomic E-state index is 13.0. The fourth-order valence-electron chi connectivity index (χ4n) is 3.43. The van der Waals surface area contributed by atoms with E-state index < -0.39 is 5.54 Å². The first-order chi connectivity index (χ1) is 11.6. The van der Waals surface area contributed by atoms with Gasteiger partial charge in [0, 0.05) is 18.5 Å². The summed E-state index contributed by atoms with van der Waals surface area (Å²) in [5.41, 5.74) is -0.395. The van der Waals surface area contributed by atoms with Gasteiger partial charge < -0.3 is 24.2 Å². The van der Waals surface area contributed by atoms with Gasteiger partial charge in [-0.1, -0.05) is 0 Å². The maximum absolute atomic E-state index is 13.0. The molecule has 0 aliphatic carbocycles. The highest BCUT2D eigenvalue weighted by Crippen LogP contribution is 2.39. The zero-order chi connectivity index (χ0) is 17.2. The maximum Gasteiger partial charge on any atom is 0.332 e. The second-order valence-electron chi connectivity index (χ2n) is 5.92. The second kappa shape index (κ2) is 6.68. The minimum atomic E-state index is -0.816. The summed E-state index contributed by atoms with van der Waals surface area (Å²) in [6.45, 7) is 0.860. The number of likely N-dealkylation sites (tertiary alicyclic amines) is 1. The summed E-state index contributed by atoms with van der Waals surface area (Å²) in [5.74, 6) is 0.345. The van der Waals surface area contributed by atoms with Crippen LogP contribution in [-0.4, -0.2) is 60.9 Å². The number of methoxy groups -OCH3 is 1. The van der Waals surface area contributed by atoms with Crippen LogP contribution in [0.2, 0.25) is 0 Å². The Labute approximate surface area is 140 Å². The van der Waals surface area contributed by atoms with Crippen LogP contribution in [0.15, 0.2) is 18.2 Å². The van der Waals surface area contributed by atoms with E-state index in [0.717, 1.165) is 6.42 Å². The number of aliphatic hydroxyl groups is 1. The predicted molar refractivity (Wildman–Crippen MR) is 84.2 cm³/mol. The van der Waals surface area contributed by atoms with Gasteiger partial charge in [-0.05, 0) is 31.0 Å². The number of carbonyl (C=O) groups is 2. The molecule has 1 spiro atoms. The van der Waals surface area contributed by atoms with E-state index in [2.05, 4.69) is 0 Å². The monoisotopic (exact) mass is 335 g/mol. The predicted octanol–water partition coefficient (Wildman–Crippen LogP) is 0.988. The summed E-state index contributed by atoms with van der Waals surface area (Å²) in [4.78, 5) is 26.7. The van der Waals surface area contributed by atoms with Crippen molar-refractivity contribution >= 4 is 11.9 Å². The molecule has 1 aromatic rings. The summed E-state index contributed by atoms with van der Waals surface area (Å²) >= 11 is 0. The molecule has 0 bridgehead atoms. The molecule has 1 atom stereocenters. The topological polar surface area (TPSA) is 85.3 Å². The van der Waals surface area contributed by atoms with Crippen molar-refractivity contribution in [1.82, 2.24) is 4.90 Å². The molecule has 24 heavy (non-hydrogen) atoms. The molecule has 1 aromatic carbocycles. The average molecular weight is 335 g/mol. The number of esters is 1. The van der Waals surface area contributed by atoms with Crippen LogP contribution in [0.25, 0.3) is 0 Å². The van der Waals surface area contributed by atoms with Crippen LogP contribution in [0.5, 0.6) is 11.5 Å². The molecule has 0 aromatic heterocycles. The normalized spacial score (nSPS) is 22.8. The lowest BCUT2D eigenvalue weighted by molar-refractivity contribution is -0.145. The van der Waals surface area contributed by atoms with Gasteiger partial charge in [0.25, 0.3) is 5.91 Å². The number of hydrogen-bond donors (Lipinski definition) is 1. The van der Waals surface area contributed by atoms with E-state index in [1.54, 1.807) is 23.1 Å². The summed E-state index contributed by atoms with van der Waals surface area (Å²) in [5, 5.41) is 8.92. The highest BCUT2D eigenvalue weighted by Gasteiger charge is 2.54. The SMILES string of the molecule is COc1ccc(C(=O)N2CCCC23CCOC3=O)cc1OCCO. The minimum absolute atomic E-state index is 0.105. The molecule has 7 heteroatoms. The Balaban J connectivity index is 1.88. The molecule has 1 unspecified atom stereocenters. The van der Waals surface area contributed by atoms with E-state index in [9.17, 15) is 9.59 Å². The standard InChI is InChI=1S/C17H21NO6/c1-22-13-4-3-12(11-14(13)23-10-8-19)15(20)18-7-2-5-17(18)6-9-24-16(17)21/h3-4,11,19H,2,5-10H2,1H3. The number of amides is 1. The minimum Gasteiger partial charge on any atom is -0.493 e. The fraction of sp³-hybridized carbons (Fsp3) is 0.529. The van der Waals surface area contributed by atoms with Crippen LogP contribution >= 0.6 is 0 Å². The molecule has 2 aliphatic rings. The molecule has 7 nitrogen and oxygen atoms in total. The lowest BCUT2D eigenvalue weighted by Crippen LogP contribution is -2.50. The number of nitrogens with zero attached hydrogens (tertiary/aromatic N) is 1. The number of hydrogen-bond acceptors (Lipinski definition) is 6. The van der Waals surface area contributed by atoms with Crippen LogP contribution in [0, 0.1) is 0 Å². The number of ether oxygens (including phenoxy) is 3. The van der Waals surface area contributed by atoms with Gasteiger partial charge >= 0.3 is 5.97 Å². The molecule has 1 N–H and O–H groups in total. The van der Waals surface area contributed by atoms with Crippen molar-refractivity contribution < 1.29 is 28.9 Å². The van der Waals surface area contributed by atoms with Gasteiger partial charge in [-0.25, -0.2) is 4.79 Å². The van der Waals surface area contributed by atoms with Crippen molar-refractivity contribution in [2.45, 2.75) is 24.8 Å². The van der Waals surface area contributed by atoms with Crippen LogP contribution in [0.3, 0.4) is 0 Å². The van der Waals surface area contributed by atoms with E-state index in [1.807, 2.05) is 0 Å². The van der Waals surface area contributed by atoms with E-state index >= 15 is 0 Å². The van der Waals surface area contributed by atoms with E-state index in [0.29, 0.717) is 43.1 Å². The largest absolute Gasteiger partial charge is 0.493 e. The Kier molecular flexibility index (Phi) is 4.62. The smallest absolute Gasteiger partial charge is 0.332 e. The second-order valence-corrected chi connectivity index (χ2v) is 5.92. The van der Waals surface area contributed by atoms with Gasteiger partial charge in [0.05, 0.1) is 20.3 Å². The lowest BCUT2D eigenvalue weighted by Gasteiger charge is -2.31. The number of benzene rings is 1. The van der Waals surface area contributed by atoms with E-state index in [1.165, 1.54) is 7.11 Å². The highest BCUT2D eigenvalue weighted by atomic mass is 16.5. The summed E-state index contributed by atoms with van der Waals surface area (Å²) in [6.07, 6.45) is 1.97. The Morgan fingerprint density at radius 3 is 2.88 bits per heavy atom. The molecule has 2 fully saturated rings. The van der Waals surface area contributed by atoms with Crippen molar-refractivity contribution in [1.29, 1.82) is 0 Å². The van der Waals surface area contributed by atoms with Crippen LogP contribution < -0.4 is 9.47 Å². The first kappa shape index (κ1) is 16.6. The molecule has 1 amide bonds. The Morgan fingerprint density at radius 1 is 1.38 bits per heavy atom.